The van der Waals surface area contributed by atoms with Crippen molar-refractivity contribution in [2.75, 3.05) is 0 Å². The van der Waals surface area contributed by atoms with E-state index in [9.17, 15) is 0 Å². The van der Waals surface area contributed by atoms with E-state index < -0.39 is 0 Å². The lowest BCUT2D eigenvalue weighted by atomic mass is 9.77. The number of halogens is 1. The van der Waals surface area contributed by atoms with E-state index in [4.69, 9.17) is 11.6 Å². The molecule has 0 saturated heterocycles. The Morgan fingerprint density at radius 3 is 1.68 bits per heavy atom. The molecule has 1 aliphatic carbocycles. The first-order valence-electron chi connectivity index (χ1n) is 13.6. The molecular formula is C33H41Cl. The summed E-state index contributed by atoms with van der Waals surface area (Å²) in [5.74, 6) is 1.68. The van der Waals surface area contributed by atoms with Crippen LogP contribution in [-0.4, -0.2) is 0 Å². The highest BCUT2D eigenvalue weighted by molar-refractivity contribution is 6.30. The van der Waals surface area contributed by atoms with Crippen molar-refractivity contribution in [3.8, 4) is 0 Å². The quantitative estimate of drug-likeness (QED) is 0.243. The van der Waals surface area contributed by atoms with Crippen LogP contribution >= 0.6 is 11.6 Å². The first-order valence-corrected chi connectivity index (χ1v) is 14.0. The second-order valence-corrected chi connectivity index (χ2v) is 10.8. The van der Waals surface area contributed by atoms with Crippen LogP contribution in [0.25, 0.3) is 0 Å². The normalized spacial score (nSPS) is 18.2. The largest absolute Gasteiger partial charge is 0.0843 e. The Hall–Kier alpha value is -2.05. The molecule has 1 heteroatoms. The number of hydrogen-bond donors (Lipinski definition) is 0. The van der Waals surface area contributed by atoms with Crippen LogP contribution < -0.4 is 0 Å². The molecule has 0 bridgehead atoms. The lowest BCUT2D eigenvalue weighted by Gasteiger charge is -2.29. The lowest BCUT2D eigenvalue weighted by molar-refractivity contribution is 0.310. The molecule has 3 aromatic rings. The molecule has 1 aliphatic rings. The second kappa shape index (κ2) is 13.1. The molecule has 1 fully saturated rings. The molecule has 0 nitrogen and oxygen atoms in total. The summed E-state index contributed by atoms with van der Waals surface area (Å²) in [6, 6.07) is 27.2. The summed E-state index contributed by atoms with van der Waals surface area (Å²) >= 11 is 5.99. The standard InChI is InChI=1S/C33H41Cl/c1-2-3-4-5-26-14-20-31(21-15-26)32-22-16-29(17-23-32)12-10-27-6-8-28(9-7-27)11-13-30-18-24-33(34)25-19-30/h6-9,14-15,18-21,24-25,29,32H,2-5,10-13,16-17,22-23H2,1H3. The predicted molar refractivity (Wildman–Crippen MR) is 148 cm³/mol. The predicted octanol–water partition coefficient (Wildman–Crippen LogP) is 9.76. The molecule has 0 atom stereocenters. The number of hydrogen-bond acceptors (Lipinski definition) is 0. The Balaban J connectivity index is 1.16. The van der Waals surface area contributed by atoms with Crippen LogP contribution in [0.3, 0.4) is 0 Å². The van der Waals surface area contributed by atoms with Crippen molar-refractivity contribution < 1.29 is 0 Å². The van der Waals surface area contributed by atoms with Gasteiger partial charge in [-0.25, -0.2) is 0 Å². The molecule has 180 valence electrons. The van der Waals surface area contributed by atoms with Gasteiger partial charge in [-0.2, -0.15) is 0 Å². The molecule has 34 heavy (non-hydrogen) atoms. The van der Waals surface area contributed by atoms with E-state index in [1.807, 2.05) is 12.1 Å². The van der Waals surface area contributed by atoms with Crippen molar-refractivity contribution in [2.45, 2.75) is 89.9 Å². The zero-order valence-electron chi connectivity index (χ0n) is 20.9. The van der Waals surface area contributed by atoms with Crippen LogP contribution in [0.5, 0.6) is 0 Å². The highest BCUT2D eigenvalue weighted by Gasteiger charge is 2.22. The maximum atomic E-state index is 5.99. The molecule has 0 amide bonds. The Morgan fingerprint density at radius 1 is 0.588 bits per heavy atom. The van der Waals surface area contributed by atoms with Crippen molar-refractivity contribution >= 4 is 11.6 Å². The fraction of sp³-hybridized carbons (Fsp3) is 0.455. The van der Waals surface area contributed by atoms with Crippen LogP contribution in [-0.2, 0) is 25.7 Å². The van der Waals surface area contributed by atoms with E-state index >= 15 is 0 Å². The fourth-order valence-corrected chi connectivity index (χ4v) is 5.63. The highest BCUT2D eigenvalue weighted by atomic mass is 35.5. The van der Waals surface area contributed by atoms with Crippen LogP contribution in [0.2, 0.25) is 5.02 Å². The van der Waals surface area contributed by atoms with Gasteiger partial charge in [0, 0.05) is 5.02 Å². The smallest absolute Gasteiger partial charge is 0.0406 e. The number of aryl methyl sites for hydroxylation is 4. The van der Waals surface area contributed by atoms with Crippen LogP contribution in [0, 0.1) is 5.92 Å². The summed E-state index contributed by atoms with van der Waals surface area (Å²) in [6.45, 7) is 2.28. The van der Waals surface area contributed by atoms with Gasteiger partial charge >= 0.3 is 0 Å². The number of rotatable bonds is 11. The fourth-order valence-electron chi connectivity index (χ4n) is 5.50. The maximum absolute atomic E-state index is 5.99. The SMILES string of the molecule is CCCCCc1ccc(C2CCC(CCc3ccc(CCc4ccc(Cl)cc4)cc3)CC2)cc1. The van der Waals surface area contributed by atoms with Crippen molar-refractivity contribution in [1.82, 2.24) is 0 Å². The summed E-state index contributed by atoms with van der Waals surface area (Å²) in [7, 11) is 0. The van der Waals surface area contributed by atoms with Gasteiger partial charge in [-0.15, -0.1) is 0 Å². The van der Waals surface area contributed by atoms with Gasteiger partial charge in [-0.05, 0) is 116 Å². The molecule has 0 unspecified atom stereocenters. The van der Waals surface area contributed by atoms with Crippen molar-refractivity contribution in [1.29, 1.82) is 0 Å². The van der Waals surface area contributed by atoms with Gasteiger partial charge < -0.3 is 0 Å². The van der Waals surface area contributed by atoms with Gasteiger partial charge in [0.1, 0.15) is 0 Å². The highest BCUT2D eigenvalue weighted by Crippen LogP contribution is 2.37. The van der Waals surface area contributed by atoms with Gasteiger partial charge in [0.05, 0.1) is 0 Å². The molecule has 0 aliphatic heterocycles. The third-order valence-electron chi connectivity index (χ3n) is 7.85. The van der Waals surface area contributed by atoms with Gasteiger partial charge in [0.15, 0.2) is 0 Å². The van der Waals surface area contributed by atoms with E-state index in [0.29, 0.717) is 0 Å². The molecule has 0 spiro atoms. The summed E-state index contributed by atoms with van der Waals surface area (Å²) < 4.78 is 0. The average molecular weight is 473 g/mol. The van der Waals surface area contributed by atoms with E-state index in [2.05, 4.69) is 67.6 Å². The Labute approximate surface area is 212 Å². The first-order chi connectivity index (χ1) is 16.7. The third kappa shape index (κ3) is 7.74. The molecule has 0 N–H and O–H groups in total. The summed E-state index contributed by atoms with van der Waals surface area (Å²) in [5.41, 5.74) is 7.37. The van der Waals surface area contributed by atoms with E-state index in [1.54, 1.807) is 5.56 Å². The summed E-state index contributed by atoms with van der Waals surface area (Å²) in [4.78, 5) is 0. The molecular weight excluding hydrogens is 432 g/mol. The maximum Gasteiger partial charge on any atom is 0.0406 e. The molecule has 0 aromatic heterocycles. The van der Waals surface area contributed by atoms with Crippen molar-refractivity contribution in [3.63, 3.8) is 0 Å². The van der Waals surface area contributed by atoms with E-state index in [0.717, 1.165) is 29.7 Å². The monoisotopic (exact) mass is 472 g/mol. The minimum atomic E-state index is 0.779. The van der Waals surface area contributed by atoms with Crippen LogP contribution in [0.1, 0.15) is 92.0 Å². The van der Waals surface area contributed by atoms with Gasteiger partial charge in [0.25, 0.3) is 0 Å². The topological polar surface area (TPSA) is 0 Å². The molecule has 3 aromatic carbocycles. The minimum Gasteiger partial charge on any atom is -0.0843 e. The zero-order chi connectivity index (χ0) is 23.6. The van der Waals surface area contributed by atoms with Crippen LogP contribution in [0.15, 0.2) is 72.8 Å². The average Bonchev–Trinajstić information content (AvgIpc) is 2.89. The summed E-state index contributed by atoms with van der Waals surface area (Å²) in [6.07, 6.45) is 15.5. The second-order valence-electron chi connectivity index (χ2n) is 10.4. The lowest BCUT2D eigenvalue weighted by Crippen LogP contribution is -2.14. The molecule has 0 radical (unpaired) electrons. The van der Waals surface area contributed by atoms with Crippen molar-refractivity contribution in [2.24, 2.45) is 5.92 Å². The van der Waals surface area contributed by atoms with Gasteiger partial charge in [0.2, 0.25) is 0 Å². The number of benzene rings is 3. The van der Waals surface area contributed by atoms with E-state index in [-0.39, 0.29) is 0 Å². The minimum absolute atomic E-state index is 0.779. The Morgan fingerprint density at radius 2 is 1.09 bits per heavy atom. The molecule has 1 saturated carbocycles. The third-order valence-corrected chi connectivity index (χ3v) is 8.10. The zero-order valence-corrected chi connectivity index (χ0v) is 21.7. The molecule has 4 rings (SSSR count). The summed E-state index contributed by atoms with van der Waals surface area (Å²) in [5, 5.41) is 0.813. The van der Waals surface area contributed by atoms with Crippen molar-refractivity contribution in [3.05, 3.63) is 106 Å². The Kier molecular flexibility index (Phi) is 9.69. The number of unbranched alkanes of at least 4 members (excludes halogenated alkanes) is 2. The van der Waals surface area contributed by atoms with Crippen LogP contribution in [0.4, 0.5) is 0 Å². The van der Waals surface area contributed by atoms with Gasteiger partial charge in [-0.1, -0.05) is 92.0 Å². The first kappa shape index (κ1) is 25.1. The van der Waals surface area contributed by atoms with Gasteiger partial charge in [-0.3, -0.25) is 0 Å². The Bertz CT molecular complexity index is 961. The van der Waals surface area contributed by atoms with E-state index in [1.165, 1.54) is 86.5 Å². The molecule has 0 heterocycles.